The summed E-state index contributed by atoms with van der Waals surface area (Å²) in [6.45, 7) is 3.71. The van der Waals surface area contributed by atoms with E-state index in [0.717, 1.165) is 23.5 Å². The van der Waals surface area contributed by atoms with Gasteiger partial charge in [0.1, 0.15) is 0 Å². The van der Waals surface area contributed by atoms with Crippen LogP contribution in [-0.2, 0) is 0 Å². The Morgan fingerprint density at radius 3 is 2.30 bits per heavy atom. The highest BCUT2D eigenvalue weighted by Gasteiger charge is 2.10. The Balaban J connectivity index is 1.91. The largest absolute Gasteiger partial charge is 0.322 e. The second-order valence-electron chi connectivity index (χ2n) is 5.18. The summed E-state index contributed by atoms with van der Waals surface area (Å²) >= 11 is 0. The highest BCUT2D eigenvalue weighted by Crippen LogP contribution is 2.17. The van der Waals surface area contributed by atoms with E-state index >= 15 is 0 Å². The molecule has 23 heavy (non-hydrogen) atoms. The molecule has 0 bridgehead atoms. The molecule has 3 aromatic rings. The van der Waals surface area contributed by atoms with Crippen LogP contribution in [0.1, 0.15) is 21.7 Å². The zero-order valence-corrected chi connectivity index (χ0v) is 12.5. The SMILES string of the molecule is Cc1nc2ccc(C(=O)Nc3ccc(F)c(F)c3)cc2nc1C. The third-order valence-electron chi connectivity index (χ3n) is 3.51. The molecule has 1 N–H and O–H groups in total. The Bertz CT molecular complexity index is 925. The topological polar surface area (TPSA) is 54.9 Å². The van der Waals surface area contributed by atoms with Crippen LogP contribution < -0.4 is 5.32 Å². The van der Waals surface area contributed by atoms with Crippen molar-refractivity contribution in [1.29, 1.82) is 0 Å². The highest BCUT2D eigenvalue weighted by atomic mass is 19.2. The zero-order valence-electron chi connectivity index (χ0n) is 12.5. The van der Waals surface area contributed by atoms with Crippen LogP contribution in [0.25, 0.3) is 11.0 Å². The number of hydrogen-bond acceptors (Lipinski definition) is 3. The van der Waals surface area contributed by atoms with E-state index in [-0.39, 0.29) is 5.69 Å². The normalized spacial score (nSPS) is 10.8. The molecule has 0 aliphatic carbocycles. The van der Waals surface area contributed by atoms with E-state index in [2.05, 4.69) is 15.3 Å². The predicted octanol–water partition coefficient (Wildman–Crippen LogP) is 3.78. The maximum atomic E-state index is 13.2. The van der Waals surface area contributed by atoms with Crippen LogP contribution in [-0.4, -0.2) is 15.9 Å². The molecule has 1 aromatic heterocycles. The van der Waals surface area contributed by atoms with E-state index in [1.807, 2.05) is 13.8 Å². The van der Waals surface area contributed by atoms with Gasteiger partial charge >= 0.3 is 0 Å². The Kier molecular flexibility index (Phi) is 3.73. The number of carbonyl (C=O) groups is 1. The van der Waals surface area contributed by atoms with Gasteiger partial charge in [0.05, 0.1) is 22.4 Å². The fourth-order valence-electron chi connectivity index (χ4n) is 2.15. The van der Waals surface area contributed by atoms with Gasteiger partial charge in [-0.2, -0.15) is 0 Å². The number of nitrogens with zero attached hydrogens (tertiary/aromatic N) is 2. The summed E-state index contributed by atoms with van der Waals surface area (Å²) in [5.41, 5.74) is 3.45. The van der Waals surface area contributed by atoms with Crippen LogP contribution in [0, 0.1) is 25.5 Å². The number of halogens is 2. The smallest absolute Gasteiger partial charge is 0.255 e. The average molecular weight is 313 g/mol. The van der Waals surface area contributed by atoms with Gasteiger partial charge < -0.3 is 5.32 Å². The van der Waals surface area contributed by atoms with Crippen molar-refractivity contribution in [1.82, 2.24) is 9.97 Å². The monoisotopic (exact) mass is 313 g/mol. The molecule has 0 spiro atoms. The van der Waals surface area contributed by atoms with Gasteiger partial charge in [-0.1, -0.05) is 0 Å². The third kappa shape index (κ3) is 3.01. The van der Waals surface area contributed by atoms with E-state index in [1.165, 1.54) is 6.07 Å². The van der Waals surface area contributed by atoms with E-state index in [1.54, 1.807) is 18.2 Å². The number of fused-ring (bicyclic) bond motifs is 1. The van der Waals surface area contributed by atoms with E-state index < -0.39 is 17.5 Å². The number of aryl methyl sites for hydroxylation is 2. The number of carbonyl (C=O) groups excluding carboxylic acids is 1. The van der Waals surface area contributed by atoms with E-state index in [4.69, 9.17) is 0 Å². The van der Waals surface area contributed by atoms with Gasteiger partial charge in [-0.05, 0) is 44.2 Å². The third-order valence-corrected chi connectivity index (χ3v) is 3.51. The number of nitrogens with one attached hydrogen (secondary N) is 1. The summed E-state index contributed by atoms with van der Waals surface area (Å²) < 4.78 is 26.1. The maximum absolute atomic E-state index is 13.2. The summed E-state index contributed by atoms with van der Waals surface area (Å²) in [4.78, 5) is 21.0. The van der Waals surface area contributed by atoms with Gasteiger partial charge in [-0.15, -0.1) is 0 Å². The molecule has 0 aliphatic rings. The number of anilines is 1. The maximum Gasteiger partial charge on any atom is 0.255 e. The molecule has 3 rings (SSSR count). The lowest BCUT2D eigenvalue weighted by Crippen LogP contribution is -2.12. The summed E-state index contributed by atoms with van der Waals surface area (Å²) in [5.74, 6) is -2.41. The van der Waals surface area contributed by atoms with Crippen molar-refractivity contribution in [3.05, 3.63) is 65.0 Å². The molecule has 0 saturated heterocycles. The molecular formula is C17H13F2N3O. The lowest BCUT2D eigenvalue weighted by Gasteiger charge is -2.07. The number of amides is 1. The molecule has 0 aliphatic heterocycles. The molecule has 4 nitrogen and oxygen atoms in total. The Morgan fingerprint density at radius 1 is 0.913 bits per heavy atom. The first-order valence-electron chi connectivity index (χ1n) is 6.95. The lowest BCUT2D eigenvalue weighted by atomic mass is 10.1. The van der Waals surface area contributed by atoms with Gasteiger partial charge in [-0.3, -0.25) is 4.79 Å². The van der Waals surface area contributed by atoms with Crippen molar-refractivity contribution in [2.24, 2.45) is 0 Å². The average Bonchev–Trinajstić information content (AvgIpc) is 2.51. The molecule has 1 amide bonds. The van der Waals surface area contributed by atoms with Crippen LogP contribution in [0.2, 0.25) is 0 Å². The Morgan fingerprint density at radius 2 is 1.61 bits per heavy atom. The predicted molar refractivity (Wildman–Crippen MR) is 83.3 cm³/mol. The van der Waals surface area contributed by atoms with Crippen molar-refractivity contribution in [3.8, 4) is 0 Å². The summed E-state index contributed by atoms with van der Waals surface area (Å²) in [5, 5.41) is 2.52. The first kappa shape index (κ1) is 15.0. The van der Waals surface area contributed by atoms with Gasteiger partial charge in [0.2, 0.25) is 0 Å². The van der Waals surface area contributed by atoms with Crippen molar-refractivity contribution >= 4 is 22.6 Å². The second kappa shape index (κ2) is 5.72. The first-order valence-corrected chi connectivity index (χ1v) is 6.95. The summed E-state index contributed by atoms with van der Waals surface area (Å²) in [6, 6.07) is 8.12. The Labute approximate surface area is 131 Å². The van der Waals surface area contributed by atoms with Crippen LogP contribution >= 0.6 is 0 Å². The molecule has 0 saturated carbocycles. The fraction of sp³-hybridized carbons (Fsp3) is 0.118. The molecule has 0 unspecified atom stereocenters. The number of rotatable bonds is 2. The standard InChI is InChI=1S/C17H13F2N3O/c1-9-10(2)21-16-7-11(3-6-15(16)20-9)17(23)22-12-4-5-13(18)14(19)8-12/h3-8H,1-2H3,(H,22,23). The van der Waals surface area contributed by atoms with Crippen molar-refractivity contribution in [2.45, 2.75) is 13.8 Å². The minimum absolute atomic E-state index is 0.181. The number of aromatic nitrogens is 2. The molecule has 6 heteroatoms. The number of benzene rings is 2. The van der Waals surface area contributed by atoms with Crippen molar-refractivity contribution < 1.29 is 13.6 Å². The minimum atomic E-state index is -1.02. The molecule has 1 heterocycles. The first-order chi connectivity index (χ1) is 10.9. The van der Waals surface area contributed by atoms with Gasteiger partial charge in [-0.25, -0.2) is 18.7 Å². The number of hydrogen-bond donors (Lipinski definition) is 1. The quantitative estimate of drug-likeness (QED) is 0.783. The molecule has 0 fully saturated rings. The lowest BCUT2D eigenvalue weighted by molar-refractivity contribution is 0.102. The summed E-state index contributed by atoms with van der Waals surface area (Å²) in [7, 11) is 0. The molecule has 116 valence electrons. The summed E-state index contributed by atoms with van der Waals surface area (Å²) in [6.07, 6.45) is 0. The molecule has 2 aromatic carbocycles. The van der Waals surface area contributed by atoms with Crippen LogP contribution in [0.5, 0.6) is 0 Å². The van der Waals surface area contributed by atoms with Crippen LogP contribution in [0.3, 0.4) is 0 Å². The van der Waals surface area contributed by atoms with Crippen LogP contribution in [0.15, 0.2) is 36.4 Å². The van der Waals surface area contributed by atoms with Crippen LogP contribution in [0.4, 0.5) is 14.5 Å². The van der Waals surface area contributed by atoms with Gasteiger partial charge in [0, 0.05) is 17.3 Å². The molecule has 0 atom stereocenters. The van der Waals surface area contributed by atoms with Crippen molar-refractivity contribution in [3.63, 3.8) is 0 Å². The fourth-order valence-corrected chi connectivity index (χ4v) is 2.15. The highest BCUT2D eigenvalue weighted by molar-refractivity contribution is 6.05. The Hall–Kier alpha value is -2.89. The van der Waals surface area contributed by atoms with Gasteiger partial charge in [0.25, 0.3) is 5.91 Å². The van der Waals surface area contributed by atoms with Crippen molar-refractivity contribution in [2.75, 3.05) is 5.32 Å². The van der Waals surface area contributed by atoms with E-state index in [0.29, 0.717) is 16.6 Å². The van der Waals surface area contributed by atoms with Gasteiger partial charge in [0.15, 0.2) is 11.6 Å². The van der Waals surface area contributed by atoms with E-state index in [9.17, 15) is 13.6 Å². The zero-order chi connectivity index (χ0) is 16.6. The minimum Gasteiger partial charge on any atom is -0.322 e. The molecule has 0 radical (unpaired) electrons. The molecular weight excluding hydrogens is 300 g/mol. The second-order valence-corrected chi connectivity index (χ2v) is 5.18.